The van der Waals surface area contributed by atoms with Crippen molar-refractivity contribution in [3.8, 4) is 16.9 Å². The first kappa shape index (κ1) is 24.5. The minimum Gasteiger partial charge on any atom is -0.494 e. The number of aryl methyl sites for hydroxylation is 1. The molecule has 0 bridgehead atoms. The second kappa shape index (κ2) is 9.93. The predicted molar refractivity (Wildman–Crippen MR) is 133 cm³/mol. The Morgan fingerprint density at radius 2 is 1.88 bits per heavy atom. The van der Waals surface area contributed by atoms with Crippen LogP contribution in [0.25, 0.3) is 11.1 Å². The molecule has 1 saturated carbocycles. The molecule has 10 heteroatoms. The van der Waals surface area contributed by atoms with Crippen molar-refractivity contribution in [2.75, 3.05) is 12.4 Å². The van der Waals surface area contributed by atoms with E-state index in [1.165, 1.54) is 23.7 Å². The minimum absolute atomic E-state index is 0.293. The maximum absolute atomic E-state index is 13.2. The Hall–Kier alpha value is -2.62. The van der Waals surface area contributed by atoms with Gasteiger partial charge in [-0.25, -0.2) is 4.98 Å². The molecule has 3 heterocycles. The zero-order chi connectivity index (χ0) is 24.5. The predicted octanol–water partition coefficient (Wildman–Crippen LogP) is 5.26. The van der Waals surface area contributed by atoms with Crippen LogP contribution >= 0.6 is 22.9 Å². The Balaban J connectivity index is 1.53. The highest BCUT2D eigenvalue weighted by Gasteiger charge is 2.33. The maximum atomic E-state index is 13.2. The van der Waals surface area contributed by atoms with Gasteiger partial charge in [-0.2, -0.15) is 0 Å². The first-order valence-corrected chi connectivity index (χ1v) is 12.4. The number of nitrogens with one attached hydrogen (secondary N) is 1. The van der Waals surface area contributed by atoms with E-state index in [0.29, 0.717) is 44.6 Å². The van der Waals surface area contributed by atoms with E-state index in [0.717, 1.165) is 36.4 Å². The summed E-state index contributed by atoms with van der Waals surface area (Å²) in [5, 5.41) is 23.3. The lowest BCUT2D eigenvalue weighted by molar-refractivity contribution is -0.00159. The normalized spacial score (nSPS) is 18.5. The SMILES string of the molecule is COc1cnc(Cl)cc1-c1cc(C)ncc1C(=O)Nc1nnc(C2CCC(C(C)(C)O)CC2)s1. The van der Waals surface area contributed by atoms with Crippen molar-refractivity contribution < 1.29 is 14.6 Å². The second-order valence-corrected chi connectivity index (χ2v) is 10.6. The topological polar surface area (TPSA) is 110 Å². The largest absolute Gasteiger partial charge is 0.494 e. The molecular weight excluding hydrogens is 474 g/mol. The van der Waals surface area contributed by atoms with Crippen molar-refractivity contribution in [1.29, 1.82) is 0 Å². The van der Waals surface area contributed by atoms with Gasteiger partial charge in [0.25, 0.3) is 5.91 Å². The van der Waals surface area contributed by atoms with Crippen molar-refractivity contribution in [3.63, 3.8) is 0 Å². The quantitative estimate of drug-likeness (QED) is 0.443. The number of nitrogens with zero attached hydrogens (tertiary/aromatic N) is 4. The Morgan fingerprint density at radius 1 is 1.15 bits per heavy atom. The molecule has 3 aromatic heterocycles. The van der Waals surface area contributed by atoms with Crippen molar-refractivity contribution in [2.24, 2.45) is 5.92 Å². The van der Waals surface area contributed by atoms with Gasteiger partial charge in [-0.1, -0.05) is 22.9 Å². The highest BCUT2D eigenvalue weighted by Crippen LogP contribution is 2.41. The molecule has 0 unspecified atom stereocenters. The molecule has 1 fully saturated rings. The summed E-state index contributed by atoms with van der Waals surface area (Å²) in [6.07, 6.45) is 6.86. The van der Waals surface area contributed by atoms with Crippen LogP contribution in [-0.4, -0.2) is 43.9 Å². The minimum atomic E-state index is -0.660. The molecule has 8 nitrogen and oxygen atoms in total. The molecule has 1 amide bonds. The highest BCUT2D eigenvalue weighted by atomic mass is 35.5. The molecule has 0 aromatic carbocycles. The van der Waals surface area contributed by atoms with Gasteiger partial charge in [-0.3, -0.25) is 15.1 Å². The zero-order valence-electron chi connectivity index (χ0n) is 19.6. The van der Waals surface area contributed by atoms with Gasteiger partial charge in [0.2, 0.25) is 5.13 Å². The second-order valence-electron chi connectivity index (χ2n) is 9.18. The molecule has 0 aliphatic heterocycles. The standard InChI is InChI=1S/C24H28ClN5O3S/c1-13-9-16(17-10-20(25)27-12-19(17)33-4)18(11-26-13)21(31)28-23-30-29-22(34-23)14-5-7-15(8-6-14)24(2,3)32/h9-12,14-15,32H,5-8H2,1-4H3,(H,28,30,31). The lowest BCUT2D eigenvalue weighted by Gasteiger charge is -2.35. The third-order valence-electron chi connectivity index (χ3n) is 6.37. The molecule has 180 valence electrons. The smallest absolute Gasteiger partial charge is 0.259 e. The van der Waals surface area contributed by atoms with Gasteiger partial charge >= 0.3 is 0 Å². The fourth-order valence-corrected chi connectivity index (χ4v) is 5.48. The van der Waals surface area contributed by atoms with E-state index >= 15 is 0 Å². The molecule has 0 spiro atoms. The molecular formula is C24H28ClN5O3S. The summed E-state index contributed by atoms with van der Waals surface area (Å²) in [7, 11) is 1.54. The van der Waals surface area contributed by atoms with Gasteiger partial charge in [0.05, 0.1) is 24.5 Å². The summed E-state index contributed by atoms with van der Waals surface area (Å²) < 4.78 is 5.44. The fraction of sp³-hybridized carbons (Fsp3) is 0.458. The van der Waals surface area contributed by atoms with E-state index in [1.54, 1.807) is 13.2 Å². The van der Waals surface area contributed by atoms with Crippen LogP contribution < -0.4 is 10.1 Å². The molecule has 4 rings (SSSR count). The third kappa shape index (κ3) is 5.37. The summed E-state index contributed by atoms with van der Waals surface area (Å²) in [5.74, 6) is 0.749. The summed E-state index contributed by atoms with van der Waals surface area (Å²) in [6, 6.07) is 3.48. The molecule has 0 saturated heterocycles. The number of hydrogen-bond acceptors (Lipinski definition) is 8. The van der Waals surface area contributed by atoms with E-state index in [9.17, 15) is 9.90 Å². The Labute approximate surface area is 207 Å². The number of methoxy groups -OCH3 is 1. The Bertz CT molecular complexity index is 1190. The van der Waals surface area contributed by atoms with Crippen LogP contribution in [-0.2, 0) is 0 Å². The molecule has 0 radical (unpaired) electrons. The summed E-state index contributed by atoms with van der Waals surface area (Å²) >= 11 is 7.52. The number of aromatic nitrogens is 4. The number of anilines is 1. The van der Waals surface area contributed by atoms with Crippen molar-refractivity contribution in [1.82, 2.24) is 20.2 Å². The molecule has 34 heavy (non-hydrogen) atoms. The van der Waals surface area contributed by atoms with Crippen molar-refractivity contribution >= 4 is 34.0 Å². The maximum Gasteiger partial charge on any atom is 0.259 e. The van der Waals surface area contributed by atoms with E-state index < -0.39 is 5.60 Å². The number of ether oxygens (including phenoxy) is 1. The van der Waals surface area contributed by atoms with E-state index in [2.05, 4.69) is 25.5 Å². The van der Waals surface area contributed by atoms with E-state index in [1.807, 2.05) is 26.8 Å². The van der Waals surface area contributed by atoms with Crippen molar-refractivity contribution in [3.05, 3.63) is 45.9 Å². The van der Waals surface area contributed by atoms with E-state index in [4.69, 9.17) is 16.3 Å². The summed E-state index contributed by atoms with van der Waals surface area (Å²) in [5.41, 5.74) is 1.75. The lowest BCUT2D eigenvalue weighted by Crippen LogP contribution is -2.33. The molecule has 2 N–H and O–H groups in total. The first-order valence-electron chi connectivity index (χ1n) is 11.2. The van der Waals surface area contributed by atoms with Crippen LogP contribution in [0.5, 0.6) is 5.75 Å². The third-order valence-corrected chi connectivity index (χ3v) is 7.57. The van der Waals surface area contributed by atoms with Crippen LogP contribution in [0.15, 0.2) is 24.5 Å². The number of amides is 1. The Kier molecular flexibility index (Phi) is 7.16. The average Bonchev–Trinajstić information content (AvgIpc) is 3.27. The van der Waals surface area contributed by atoms with Crippen LogP contribution in [0.1, 0.15) is 66.5 Å². The highest BCUT2D eigenvalue weighted by molar-refractivity contribution is 7.15. The van der Waals surface area contributed by atoms with Crippen LogP contribution in [0.2, 0.25) is 5.15 Å². The van der Waals surface area contributed by atoms with Gasteiger partial charge in [0, 0.05) is 28.9 Å². The lowest BCUT2D eigenvalue weighted by atomic mass is 9.75. The number of rotatable bonds is 6. The van der Waals surface area contributed by atoms with Crippen LogP contribution in [0.3, 0.4) is 0 Å². The van der Waals surface area contributed by atoms with Crippen LogP contribution in [0.4, 0.5) is 5.13 Å². The summed E-state index contributed by atoms with van der Waals surface area (Å²) in [4.78, 5) is 21.6. The van der Waals surface area contributed by atoms with Crippen LogP contribution in [0, 0.1) is 12.8 Å². The molecule has 1 aliphatic rings. The fourth-order valence-electron chi connectivity index (χ4n) is 4.42. The van der Waals surface area contributed by atoms with E-state index in [-0.39, 0.29) is 5.91 Å². The van der Waals surface area contributed by atoms with Gasteiger partial charge in [-0.05, 0) is 64.5 Å². The zero-order valence-corrected chi connectivity index (χ0v) is 21.2. The number of halogens is 1. The van der Waals surface area contributed by atoms with Gasteiger partial charge in [0.15, 0.2) is 0 Å². The number of pyridine rings is 2. The number of carbonyl (C=O) groups is 1. The molecule has 1 aliphatic carbocycles. The number of aliphatic hydroxyl groups is 1. The van der Waals surface area contributed by atoms with Gasteiger partial charge in [0.1, 0.15) is 15.9 Å². The molecule has 3 aromatic rings. The molecule has 0 atom stereocenters. The average molecular weight is 502 g/mol. The van der Waals surface area contributed by atoms with Crippen molar-refractivity contribution in [2.45, 2.75) is 58.0 Å². The number of hydrogen-bond donors (Lipinski definition) is 2. The monoisotopic (exact) mass is 501 g/mol. The summed E-state index contributed by atoms with van der Waals surface area (Å²) in [6.45, 7) is 5.60. The van der Waals surface area contributed by atoms with Gasteiger partial charge in [-0.15, -0.1) is 10.2 Å². The first-order chi connectivity index (χ1) is 16.2. The van der Waals surface area contributed by atoms with Gasteiger partial charge < -0.3 is 9.84 Å². The number of carbonyl (C=O) groups excluding carboxylic acids is 1. The Morgan fingerprint density at radius 3 is 2.56 bits per heavy atom.